The van der Waals surface area contributed by atoms with Crippen LogP contribution in [0.3, 0.4) is 0 Å². The first-order valence-electron chi connectivity index (χ1n) is 7.91. The highest BCUT2D eigenvalue weighted by Gasteiger charge is 2.31. The maximum Gasteiger partial charge on any atom is 0.573 e. The summed E-state index contributed by atoms with van der Waals surface area (Å²) in [6.45, 7) is 0. The molecule has 0 atom stereocenters. The first-order valence-corrected chi connectivity index (χ1v) is 7.91. The minimum absolute atomic E-state index is 0.0451. The molecule has 0 spiro atoms. The van der Waals surface area contributed by atoms with Crippen LogP contribution in [0.2, 0.25) is 0 Å². The molecule has 0 unspecified atom stereocenters. The van der Waals surface area contributed by atoms with Crippen molar-refractivity contribution in [2.45, 2.75) is 6.36 Å². The Hall–Kier alpha value is -3.56. The molecule has 0 bridgehead atoms. The zero-order valence-corrected chi connectivity index (χ0v) is 14.2. The van der Waals surface area contributed by atoms with Gasteiger partial charge in [0.15, 0.2) is 11.5 Å². The van der Waals surface area contributed by atoms with Crippen molar-refractivity contribution in [3.63, 3.8) is 0 Å². The van der Waals surface area contributed by atoms with Crippen LogP contribution in [0.15, 0.2) is 42.6 Å². The van der Waals surface area contributed by atoms with Gasteiger partial charge in [0, 0.05) is 30.1 Å². The maximum atomic E-state index is 14.7. The van der Waals surface area contributed by atoms with E-state index in [1.165, 1.54) is 27.4 Å². The summed E-state index contributed by atoms with van der Waals surface area (Å²) in [6.07, 6.45) is -3.28. The summed E-state index contributed by atoms with van der Waals surface area (Å²) in [6, 6.07) is 7.08. The minimum Gasteiger partial charge on any atom is -0.478 e. The number of rotatable bonds is 3. The van der Waals surface area contributed by atoms with Gasteiger partial charge in [-0.15, -0.1) is 13.2 Å². The van der Waals surface area contributed by atoms with Gasteiger partial charge in [0.25, 0.3) is 0 Å². The standard InChI is InChI=1S/C18H11F4N3O3/c1-24-8-12-11-6-9(17(26)27)2-4-14(11)25(16(12)23-24)15-5-3-10(7-13(15)19)28-18(20,21)22/h2-8H,1H3,(H,26,27). The van der Waals surface area contributed by atoms with E-state index in [1.807, 2.05) is 0 Å². The minimum atomic E-state index is -4.93. The van der Waals surface area contributed by atoms with Crippen molar-refractivity contribution >= 4 is 27.9 Å². The summed E-state index contributed by atoms with van der Waals surface area (Å²) in [5.41, 5.74) is 0.802. The quantitative estimate of drug-likeness (QED) is 0.529. The first-order chi connectivity index (χ1) is 13.1. The van der Waals surface area contributed by atoms with E-state index in [0.717, 1.165) is 12.1 Å². The summed E-state index contributed by atoms with van der Waals surface area (Å²) >= 11 is 0. The largest absolute Gasteiger partial charge is 0.573 e. The molecule has 0 fully saturated rings. The van der Waals surface area contributed by atoms with E-state index in [9.17, 15) is 27.5 Å². The molecule has 1 N–H and O–H groups in total. The van der Waals surface area contributed by atoms with Crippen LogP contribution >= 0.6 is 0 Å². The fourth-order valence-electron chi connectivity index (χ4n) is 3.14. The van der Waals surface area contributed by atoms with Crippen molar-refractivity contribution in [2.75, 3.05) is 0 Å². The summed E-state index contributed by atoms with van der Waals surface area (Å²) in [7, 11) is 1.65. The first kappa shape index (κ1) is 17.8. The molecule has 0 amide bonds. The van der Waals surface area contributed by atoms with Crippen LogP contribution in [-0.2, 0) is 7.05 Å². The second kappa shape index (κ2) is 5.98. The van der Waals surface area contributed by atoms with Crippen LogP contribution in [0, 0.1) is 5.82 Å². The number of halogens is 4. The predicted molar refractivity (Wildman–Crippen MR) is 91.1 cm³/mol. The van der Waals surface area contributed by atoms with Gasteiger partial charge in [-0.2, -0.15) is 5.10 Å². The molecule has 2 heterocycles. The van der Waals surface area contributed by atoms with E-state index in [4.69, 9.17) is 0 Å². The smallest absolute Gasteiger partial charge is 0.478 e. The van der Waals surface area contributed by atoms with Crippen molar-refractivity contribution in [1.82, 2.24) is 14.3 Å². The van der Waals surface area contributed by atoms with Gasteiger partial charge in [-0.3, -0.25) is 9.25 Å². The van der Waals surface area contributed by atoms with Crippen LogP contribution < -0.4 is 4.74 Å². The molecule has 28 heavy (non-hydrogen) atoms. The van der Waals surface area contributed by atoms with Crippen LogP contribution in [0.5, 0.6) is 5.75 Å². The lowest BCUT2D eigenvalue weighted by Crippen LogP contribution is -2.17. The second-order valence-corrected chi connectivity index (χ2v) is 6.07. The number of alkyl halides is 3. The van der Waals surface area contributed by atoms with Crippen LogP contribution in [0.4, 0.5) is 17.6 Å². The van der Waals surface area contributed by atoms with E-state index < -0.39 is 23.9 Å². The summed E-state index contributed by atoms with van der Waals surface area (Å²) in [4.78, 5) is 11.3. The fraction of sp³-hybridized carbons (Fsp3) is 0.111. The van der Waals surface area contributed by atoms with Crippen LogP contribution in [0.1, 0.15) is 10.4 Å². The number of nitrogens with zero attached hydrogens (tertiary/aromatic N) is 3. The number of fused-ring (bicyclic) bond motifs is 3. The molecule has 144 valence electrons. The summed E-state index contributed by atoms with van der Waals surface area (Å²) in [5.74, 6) is -2.75. The van der Waals surface area contributed by atoms with Gasteiger partial charge in [-0.05, 0) is 30.3 Å². The van der Waals surface area contributed by atoms with Crippen molar-refractivity contribution in [2.24, 2.45) is 7.05 Å². The normalized spacial score (nSPS) is 12.0. The van der Waals surface area contributed by atoms with Gasteiger partial charge >= 0.3 is 12.3 Å². The van der Waals surface area contributed by atoms with E-state index in [-0.39, 0.29) is 11.3 Å². The number of hydrogen-bond acceptors (Lipinski definition) is 3. The van der Waals surface area contributed by atoms with E-state index in [0.29, 0.717) is 28.0 Å². The zero-order valence-electron chi connectivity index (χ0n) is 14.2. The highest BCUT2D eigenvalue weighted by molar-refractivity contribution is 6.09. The van der Waals surface area contributed by atoms with Gasteiger partial charge in [0.1, 0.15) is 5.75 Å². The number of benzene rings is 2. The van der Waals surface area contributed by atoms with Gasteiger partial charge < -0.3 is 9.84 Å². The van der Waals surface area contributed by atoms with Crippen molar-refractivity contribution in [1.29, 1.82) is 0 Å². The van der Waals surface area contributed by atoms with Crippen LogP contribution in [0.25, 0.3) is 27.6 Å². The van der Waals surface area contributed by atoms with Crippen LogP contribution in [-0.4, -0.2) is 31.8 Å². The van der Waals surface area contributed by atoms with Crippen molar-refractivity contribution < 1.29 is 32.2 Å². The Balaban J connectivity index is 1.96. The molecule has 0 aliphatic heterocycles. The molecular formula is C18H11F4N3O3. The summed E-state index contributed by atoms with van der Waals surface area (Å²) < 4.78 is 58.4. The molecule has 10 heteroatoms. The SMILES string of the molecule is Cn1cc2c3cc(C(=O)O)ccc3n(-c3ccc(OC(F)(F)F)cc3F)c2n1. The molecular weight excluding hydrogens is 382 g/mol. The Morgan fingerprint density at radius 3 is 2.54 bits per heavy atom. The molecule has 0 radical (unpaired) electrons. The number of aromatic carboxylic acids is 1. The topological polar surface area (TPSA) is 69.3 Å². The lowest BCUT2D eigenvalue weighted by molar-refractivity contribution is -0.274. The highest BCUT2D eigenvalue weighted by Crippen LogP contribution is 2.34. The van der Waals surface area contributed by atoms with Gasteiger partial charge in [0.2, 0.25) is 0 Å². The number of carbonyl (C=O) groups is 1. The number of aromatic nitrogens is 3. The Kier molecular flexibility index (Phi) is 3.81. The Labute approximate surface area is 154 Å². The average Bonchev–Trinajstić information content (AvgIpc) is 3.08. The van der Waals surface area contributed by atoms with E-state index >= 15 is 0 Å². The number of aryl methyl sites for hydroxylation is 1. The molecule has 4 rings (SSSR count). The molecule has 0 aliphatic carbocycles. The Morgan fingerprint density at radius 2 is 1.89 bits per heavy atom. The number of hydrogen-bond donors (Lipinski definition) is 1. The third-order valence-corrected chi connectivity index (χ3v) is 4.19. The highest BCUT2D eigenvalue weighted by atomic mass is 19.4. The zero-order chi connectivity index (χ0) is 20.2. The number of carboxylic acids is 1. The lowest BCUT2D eigenvalue weighted by Gasteiger charge is -2.12. The number of carboxylic acid groups (broad SMARTS) is 1. The molecule has 2 aromatic heterocycles. The molecule has 2 aromatic carbocycles. The second-order valence-electron chi connectivity index (χ2n) is 6.07. The molecule has 0 aliphatic rings. The average molecular weight is 393 g/mol. The van der Waals surface area contributed by atoms with Crippen molar-refractivity contribution in [3.8, 4) is 11.4 Å². The van der Waals surface area contributed by atoms with Gasteiger partial charge in [-0.25, -0.2) is 9.18 Å². The monoisotopic (exact) mass is 393 g/mol. The fourth-order valence-corrected chi connectivity index (χ4v) is 3.14. The van der Waals surface area contributed by atoms with E-state index in [1.54, 1.807) is 13.2 Å². The molecule has 0 saturated carbocycles. The molecule has 4 aromatic rings. The lowest BCUT2D eigenvalue weighted by atomic mass is 10.1. The Bertz CT molecular complexity index is 1240. The van der Waals surface area contributed by atoms with Crippen molar-refractivity contribution in [3.05, 3.63) is 54.0 Å². The Morgan fingerprint density at radius 1 is 1.14 bits per heavy atom. The maximum absolute atomic E-state index is 14.7. The number of ether oxygens (including phenoxy) is 1. The molecule has 0 saturated heterocycles. The van der Waals surface area contributed by atoms with Gasteiger partial charge in [0.05, 0.1) is 16.8 Å². The predicted octanol–water partition coefficient (Wildman–Crippen LogP) is 4.25. The third kappa shape index (κ3) is 2.92. The molecule has 6 nitrogen and oxygen atoms in total. The van der Waals surface area contributed by atoms with Gasteiger partial charge in [-0.1, -0.05) is 0 Å². The van der Waals surface area contributed by atoms with E-state index in [2.05, 4.69) is 9.84 Å². The summed E-state index contributed by atoms with van der Waals surface area (Å²) in [5, 5.41) is 14.6. The third-order valence-electron chi connectivity index (χ3n) is 4.19.